The van der Waals surface area contributed by atoms with E-state index < -0.39 is 0 Å². The number of nitrogens with zero attached hydrogens (tertiary/aromatic N) is 1. The second kappa shape index (κ2) is 6.18. The molecule has 2 fully saturated rings. The number of carbonyl (C=O) groups is 2. The lowest BCUT2D eigenvalue weighted by Crippen LogP contribution is -2.49. The summed E-state index contributed by atoms with van der Waals surface area (Å²) in [6.07, 6.45) is 3.70. The average molecular weight is 254 g/mol. The van der Waals surface area contributed by atoms with E-state index >= 15 is 0 Å². The zero-order chi connectivity index (χ0) is 13.0. The van der Waals surface area contributed by atoms with Crippen LogP contribution in [-0.2, 0) is 14.3 Å². The third-order valence-electron chi connectivity index (χ3n) is 3.71. The topological polar surface area (TPSA) is 58.6 Å². The first-order valence-corrected chi connectivity index (χ1v) is 6.91. The fourth-order valence-corrected chi connectivity index (χ4v) is 2.75. The van der Waals surface area contributed by atoms with Crippen molar-refractivity contribution < 1.29 is 14.3 Å². The minimum Gasteiger partial charge on any atom is -0.466 e. The van der Waals surface area contributed by atoms with Crippen LogP contribution in [0, 0.1) is 5.92 Å². The molecule has 2 heterocycles. The molecule has 0 bridgehead atoms. The molecule has 0 spiro atoms. The van der Waals surface area contributed by atoms with Gasteiger partial charge < -0.3 is 15.0 Å². The monoisotopic (exact) mass is 254 g/mol. The SMILES string of the molecule is CCOC(=O)C1CCCN(C(=O)[C@H]2CCCN2)C1. The minimum absolute atomic E-state index is 0.0362. The van der Waals surface area contributed by atoms with Gasteiger partial charge in [0.2, 0.25) is 5.91 Å². The van der Waals surface area contributed by atoms with Gasteiger partial charge in [-0.3, -0.25) is 9.59 Å². The summed E-state index contributed by atoms with van der Waals surface area (Å²) in [5.74, 6) is -0.139. The van der Waals surface area contributed by atoms with Gasteiger partial charge in [-0.15, -0.1) is 0 Å². The van der Waals surface area contributed by atoms with Gasteiger partial charge in [-0.05, 0) is 39.2 Å². The first-order valence-electron chi connectivity index (χ1n) is 6.91. The quantitative estimate of drug-likeness (QED) is 0.747. The highest BCUT2D eigenvalue weighted by atomic mass is 16.5. The van der Waals surface area contributed by atoms with Crippen LogP contribution in [0.3, 0.4) is 0 Å². The highest BCUT2D eigenvalue weighted by Crippen LogP contribution is 2.20. The molecule has 0 aliphatic carbocycles. The Morgan fingerprint density at radius 2 is 2.17 bits per heavy atom. The number of likely N-dealkylation sites (tertiary alicyclic amines) is 1. The lowest BCUT2D eigenvalue weighted by Gasteiger charge is -2.33. The maximum atomic E-state index is 12.2. The summed E-state index contributed by atoms with van der Waals surface area (Å²) in [6, 6.07) is -0.0362. The van der Waals surface area contributed by atoms with E-state index in [4.69, 9.17) is 4.74 Å². The number of nitrogens with one attached hydrogen (secondary N) is 1. The highest BCUT2D eigenvalue weighted by molar-refractivity contribution is 5.83. The molecule has 0 radical (unpaired) electrons. The first kappa shape index (κ1) is 13.3. The third kappa shape index (κ3) is 3.02. The summed E-state index contributed by atoms with van der Waals surface area (Å²) >= 11 is 0. The van der Waals surface area contributed by atoms with Crippen molar-refractivity contribution in [1.82, 2.24) is 10.2 Å². The first-order chi connectivity index (χ1) is 8.72. The van der Waals surface area contributed by atoms with E-state index in [0.717, 1.165) is 38.8 Å². The number of hydrogen-bond donors (Lipinski definition) is 1. The molecule has 2 rings (SSSR count). The van der Waals surface area contributed by atoms with E-state index in [2.05, 4.69) is 5.32 Å². The van der Waals surface area contributed by atoms with Gasteiger partial charge >= 0.3 is 5.97 Å². The predicted molar refractivity (Wildman–Crippen MR) is 67.0 cm³/mol. The van der Waals surface area contributed by atoms with Crippen LogP contribution in [0.15, 0.2) is 0 Å². The molecule has 1 amide bonds. The van der Waals surface area contributed by atoms with E-state index in [1.807, 2.05) is 11.8 Å². The maximum absolute atomic E-state index is 12.2. The van der Waals surface area contributed by atoms with Crippen molar-refractivity contribution in [3.05, 3.63) is 0 Å². The van der Waals surface area contributed by atoms with Crippen LogP contribution >= 0.6 is 0 Å². The van der Waals surface area contributed by atoms with Crippen molar-refractivity contribution in [3.63, 3.8) is 0 Å². The molecule has 1 N–H and O–H groups in total. The lowest BCUT2D eigenvalue weighted by molar-refractivity contribution is -0.151. The van der Waals surface area contributed by atoms with Gasteiger partial charge in [0.15, 0.2) is 0 Å². The Balaban J connectivity index is 1.89. The molecule has 5 nitrogen and oxygen atoms in total. The van der Waals surface area contributed by atoms with E-state index in [1.165, 1.54) is 0 Å². The number of amides is 1. The van der Waals surface area contributed by atoms with Crippen molar-refractivity contribution in [2.24, 2.45) is 5.92 Å². The average Bonchev–Trinajstić information content (AvgIpc) is 2.92. The Kier molecular flexibility index (Phi) is 4.58. The summed E-state index contributed by atoms with van der Waals surface area (Å²) < 4.78 is 5.04. The fourth-order valence-electron chi connectivity index (χ4n) is 2.75. The van der Waals surface area contributed by atoms with Crippen molar-refractivity contribution in [2.75, 3.05) is 26.2 Å². The van der Waals surface area contributed by atoms with Gasteiger partial charge in [0.1, 0.15) is 0 Å². The maximum Gasteiger partial charge on any atom is 0.310 e. The van der Waals surface area contributed by atoms with E-state index in [0.29, 0.717) is 13.2 Å². The third-order valence-corrected chi connectivity index (χ3v) is 3.71. The van der Waals surface area contributed by atoms with Gasteiger partial charge in [0, 0.05) is 13.1 Å². The molecule has 2 aliphatic rings. The molecule has 0 aromatic carbocycles. The van der Waals surface area contributed by atoms with Crippen LogP contribution in [0.1, 0.15) is 32.6 Å². The van der Waals surface area contributed by atoms with Crippen LogP contribution in [0.5, 0.6) is 0 Å². The minimum atomic E-state index is -0.158. The van der Waals surface area contributed by atoms with Gasteiger partial charge in [-0.25, -0.2) is 0 Å². The molecule has 0 saturated carbocycles. The Bertz CT molecular complexity index is 313. The Morgan fingerprint density at radius 1 is 1.33 bits per heavy atom. The normalized spacial score (nSPS) is 28.2. The van der Waals surface area contributed by atoms with Crippen LogP contribution in [-0.4, -0.2) is 49.1 Å². The number of carbonyl (C=O) groups excluding carboxylic acids is 2. The lowest BCUT2D eigenvalue weighted by atomic mass is 9.97. The van der Waals surface area contributed by atoms with Crippen molar-refractivity contribution in [3.8, 4) is 0 Å². The second-order valence-electron chi connectivity index (χ2n) is 5.02. The molecule has 102 valence electrons. The molecule has 18 heavy (non-hydrogen) atoms. The van der Waals surface area contributed by atoms with Gasteiger partial charge in [0.05, 0.1) is 18.6 Å². The Labute approximate surface area is 108 Å². The summed E-state index contributed by atoms with van der Waals surface area (Å²) in [5, 5.41) is 3.22. The molecular formula is C13H22N2O3. The van der Waals surface area contributed by atoms with Gasteiger partial charge in [0.25, 0.3) is 0 Å². The number of esters is 1. The van der Waals surface area contributed by atoms with Crippen molar-refractivity contribution >= 4 is 11.9 Å². The second-order valence-corrected chi connectivity index (χ2v) is 5.02. The van der Waals surface area contributed by atoms with Crippen LogP contribution in [0.2, 0.25) is 0 Å². The molecule has 2 aliphatic heterocycles. The molecule has 0 aromatic rings. The zero-order valence-electron chi connectivity index (χ0n) is 11.0. The van der Waals surface area contributed by atoms with Gasteiger partial charge in [-0.2, -0.15) is 0 Å². The molecule has 0 aromatic heterocycles. The van der Waals surface area contributed by atoms with Crippen molar-refractivity contribution in [2.45, 2.75) is 38.6 Å². The smallest absolute Gasteiger partial charge is 0.310 e. The summed E-state index contributed by atoms with van der Waals surface area (Å²) in [4.78, 5) is 25.8. The molecule has 1 unspecified atom stereocenters. The number of hydrogen-bond acceptors (Lipinski definition) is 4. The molecule has 2 atom stereocenters. The summed E-state index contributed by atoms with van der Waals surface area (Å²) in [7, 11) is 0. The van der Waals surface area contributed by atoms with Crippen LogP contribution in [0.4, 0.5) is 0 Å². The molecule has 5 heteroatoms. The fraction of sp³-hybridized carbons (Fsp3) is 0.846. The highest BCUT2D eigenvalue weighted by Gasteiger charge is 2.33. The largest absolute Gasteiger partial charge is 0.466 e. The standard InChI is InChI=1S/C13H22N2O3/c1-2-18-13(17)10-5-4-8-15(9-10)12(16)11-6-3-7-14-11/h10-11,14H,2-9H2,1H3/t10?,11-/m1/s1. The zero-order valence-corrected chi connectivity index (χ0v) is 11.0. The molecular weight excluding hydrogens is 232 g/mol. The number of piperidine rings is 1. The van der Waals surface area contributed by atoms with Crippen LogP contribution < -0.4 is 5.32 Å². The van der Waals surface area contributed by atoms with E-state index in [1.54, 1.807) is 0 Å². The number of rotatable bonds is 3. The Morgan fingerprint density at radius 3 is 2.83 bits per heavy atom. The Hall–Kier alpha value is -1.10. The predicted octanol–water partition coefficient (Wildman–Crippen LogP) is 0.540. The summed E-state index contributed by atoms with van der Waals surface area (Å²) in [5.41, 5.74) is 0. The number of ether oxygens (including phenoxy) is 1. The van der Waals surface area contributed by atoms with Gasteiger partial charge in [-0.1, -0.05) is 0 Å². The van der Waals surface area contributed by atoms with Crippen molar-refractivity contribution in [1.29, 1.82) is 0 Å². The summed E-state index contributed by atoms with van der Waals surface area (Å²) in [6.45, 7) is 4.44. The van der Waals surface area contributed by atoms with Crippen LogP contribution in [0.25, 0.3) is 0 Å². The molecule has 2 saturated heterocycles. The van der Waals surface area contributed by atoms with E-state index in [-0.39, 0.29) is 23.8 Å². The van der Waals surface area contributed by atoms with E-state index in [9.17, 15) is 9.59 Å².